The second-order valence-electron chi connectivity index (χ2n) is 9.59. The van der Waals surface area contributed by atoms with Crippen LogP contribution in [0.2, 0.25) is 0 Å². The highest BCUT2D eigenvalue weighted by Crippen LogP contribution is 2.32. The molecule has 8 heteroatoms. The van der Waals surface area contributed by atoms with Crippen molar-refractivity contribution in [3.05, 3.63) is 100 Å². The van der Waals surface area contributed by atoms with E-state index in [2.05, 4.69) is 20.9 Å². The standard InChI is InChI=1S/C29H27N7O/c30-15-24-26-27(29(37)35(19-33-26)17-21-12-13-32-25-11-5-4-10-23(21)25)36(16-20-7-2-1-3-8-20)28(24)34-14-6-9-22(31)18-34/h1-5,7-8,10-13,19,22H,6,9,14,16-18,31H2/t22-/m0/s1. The third-order valence-corrected chi connectivity index (χ3v) is 7.13. The zero-order valence-corrected chi connectivity index (χ0v) is 20.4. The maximum atomic E-state index is 14.0. The van der Waals surface area contributed by atoms with Gasteiger partial charge in [0.15, 0.2) is 0 Å². The molecule has 0 amide bonds. The minimum absolute atomic E-state index is 0.0214. The van der Waals surface area contributed by atoms with Crippen molar-refractivity contribution in [2.75, 3.05) is 18.0 Å². The largest absolute Gasteiger partial charge is 0.355 e. The summed E-state index contributed by atoms with van der Waals surface area (Å²) in [4.78, 5) is 25.3. The van der Waals surface area contributed by atoms with E-state index in [1.54, 1.807) is 17.1 Å². The van der Waals surface area contributed by atoms with Gasteiger partial charge in [-0.3, -0.25) is 14.3 Å². The van der Waals surface area contributed by atoms with Crippen molar-refractivity contribution < 1.29 is 0 Å². The Hall–Kier alpha value is -4.48. The van der Waals surface area contributed by atoms with E-state index in [0.29, 0.717) is 36.2 Å². The van der Waals surface area contributed by atoms with E-state index in [-0.39, 0.29) is 11.6 Å². The van der Waals surface area contributed by atoms with Gasteiger partial charge in [-0.2, -0.15) is 5.26 Å². The summed E-state index contributed by atoms with van der Waals surface area (Å²) in [5.41, 5.74) is 10.4. The highest BCUT2D eigenvalue weighted by atomic mass is 16.1. The van der Waals surface area contributed by atoms with Gasteiger partial charge in [0.05, 0.1) is 18.4 Å². The fourth-order valence-electron chi connectivity index (χ4n) is 5.39. The predicted octanol–water partition coefficient (Wildman–Crippen LogP) is 3.64. The van der Waals surface area contributed by atoms with Gasteiger partial charge < -0.3 is 15.2 Å². The van der Waals surface area contributed by atoms with Crippen LogP contribution >= 0.6 is 0 Å². The van der Waals surface area contributed by atoms with Crippen LogP contribution in [0.4, 0.5) is 5.82 Å². The Morgan fingerprint density at radius 1 is 1.03 bits per heavy atom. The molecular weight excluding hydrogens is 462 g/mol. The maximum absolute atomic E-state index is 14.0. The number of nitrogens with zero attached hydrogens (tertiary/aromatic N) is 6. The summed E-state index contributed by atoms with van der Waals surface area (Å²) in [5, 5.41) is 11.2. The first-order valence-corrected chi connectivity index (χ1v) is 12.5. The molecule has 2 aromatic carbocycles. The highest BCUT2D eigenvalue weighted by molar-refractivity contribution is 5.89. The first-order valence-electron chi connectivity index (χ1n) is 12.5. The Bertz CT molecular complexity index is 1690. The summed E-state index contributed by atoms with van der Waals surface area (Å²) in [5.74, 6) is 0.730. The van der Waals surface area contributed by atoms with Crippen molar-refractivity contribution in [3.8, 4) is 6.07 Å². The van der Waals surface area contributed by atoms with Gasteiger partial charge in [0.25, 0.3) is 5.56 Å². The van der Waals surface area contributed by atoms with Crippen LogP contribution in [0.1, 0.15) is 29.5 Å². The number of nitrogens with two attached hydrogens (primary N) is 1. The molecule has 0 unspecified atom stereocenters. The second-order valence-corrected chi connectivity index (χ2v) is 9.59. The van der Waals surface area contributed by atoms with Gasteiger partial charge >= 0.3 is 0 Å². The molecule has 0 bridgehead atoms. The molecule has 1 fully saturated rings. The number of fused-ring (bicyclic) bond motifs is 2. The molecule has 1 aliphatic rings. The van der Waals surface area contributed by atoms with Crippen LogP contribution in [0.5, 0.6) is 0 Å². The normalized spacial score (nSPS) is 15.8. The van der Waals surface area contributed by atoms with Crippen molar-refractivity contribution in [3.63, 3.8) is 0 Å². The fraction of sp³-hybridized carbons (Fsp3) is 0.241. The Morgan fingerprint density at radius 2 is 1.84 bits per heavy atom. The molecule has 8 nitrogen and oxygen atoms in total. The van der Waals surface area contributed by atoms with Gasteiger partial charge in [0, 0.05) is 37.3 Å². The molecule has 0 spiro atoms. The van der Waals surface area contributed by atoms with Gasteiger partial charge in [-0.15, -0.1) is 0 Å². The fourth-order valence-corrected chi connectivity index (χ4v) is 5.39. The van der Waals surface area contributed by atoms with E-state index in [4.69, 9.17) is 5.73 Å². The van der Waals surface area contributed by atoms with Gasteiger partial charge in [-0.05, 0) is 36.1 Å². The van der Waals surface area contributed by atoms with Crippen molar-refractivity contribution in [2.45, 2.75) is 32.0 Å². The molecule has 1 atom stereocenters. The topological polar surface area (TPSA) is 106 Å². The molecule has 0 radical (unpaired) electrons. The second kappa shape index (κ2) is 9.52. The molecule has 6 rings (SSSR count). The summed E-state index contributed by atoms with van der Waals surface area (Å²) in [6, 6.07) is 22.2. The Morgan fingerprint density at radius 3 is 2.65 bits per heavy atom. The van der Waals surface area contributed by atoms with E-state index in [1.807, 2.05) is 65.2 Å². The van der Waals surface area contributed by atoms with Crippen LogP contribution < -0.4 is 16.2 Å². The van der Waals surface area contributed by atoms with Gasteiger partial charge in [-0.1, -0.05) is 48.5 Å². The molecule has 0 saturated carbocycles. The molecule has 5 aromatic rings. The smallest absolute Gasteiger partial charge is 0.278 e. The van der Waals surface area contributed by atoms with Crippen molar-refractivity contribution in [2.24, 2.45) is 5.73 Å². The van der Waals surface area contributed by atoms with E-state index in [9.17, 15) is 10.1 Å². The minimum atomic E-state index is -0.175. The van der Waals surface area contributed by atoms with Crippen LogP contribution in [0, 0.1) is 11.3 Å². The lowest BCUT2D eigenvalue weighted by Gasteiger charge is -2.33. The summed E-state index contributed by atoms with van der Waals surface area (Å²) < 4.78 is 3.59. The minimum Gasteiger partial charge on any atom is -0.355 e. The van der Waals surface area contributed by atoms with Crippen LogP contribution in [0.3, 0.4) is 0 Å². The number of piperidine rings is 1. The molecule has 37 heavy (non-hydrogen) atoms. The third-order valence-electron chi connectivity index (χ3n) is 7.13. The first kappa shape index (κ1) is 23.0. The highest BCUT2D eigenvalue weighted by Gasteiger charge is 2.28. The summed E-state index contributed by atoms with van der Waals surface area (Å²) in [6.45, 7) is 2.23. The number of aromatic nitrogens is 4. The molecule has 184 valence electrons. The SMILES string of the molecule is N#Cc1c(N2CCC[C@H](N)C2)n(Cc2ccccc2)c2c(=O)n(Cc3ccnc4ccccc34)cnc12. The van der Waals surface area contributed by atoms with Crippen molar-refractivity contribution in [1.82, 2.24) is 19.1 Å². The van der Waals surface area contributed by atoms with E-state index < -0.39 is 0 Å². The first-order chi connectivity index (χ1) is 18.1. The quantitative estimate of drug-likeness (QED) is 0.404. The van der Waals surface area contributed by atoms with Crippen molar-refractivity contribution in [1.29, 1.82) is 5.26 Å². The number of benzene rings is 2. The average Bonchev–Trinajstić information content (AvgIpc) is 3.24. The van der Waals surface area contributed by atoms with Crippen molar-refractivity contribution >= 4 is 27.8 Å². The van der Waals surface area contributed by atoms with Gasteiger partial charge in [0.1, 0.15) is 28.5 Å². The van der Waals surface area contributed by atoms with Gasteiger partial charge in [0.2, 0.25) is 0 Å². The lowest BCUT2D eigenvalue weighted by molar-refractivity contribution is 0.498. The molecule has 1 aliphatic heterocycles. The number of para-hydroxylation sites is 1. The summed E-state index contributed by atoms with van der Waals surface area (Å²) in [7, 11) is 0. The molecule has 1 saturated heterocycles. The molecular formula is C29H27N7O. The molecule has 2 N–H and O–H groups in total. The average molecular weight is 490 g/mol. The number of anilines is 1. The Balaban J connectivity index is 1.55. The third kappa shape index (κ3) is 4.13. The lowest BCUT2D eigenvalue weighted by atomic mass is 10.1. The Labute approximate surface area is 214 Å². The van der Waals surface area contributed by atoms with Crippen LogP contribution in [0.25, 0.3) is 21.9 Å². The lowest BCUT2D eigenvalue weighted by Crippen LogP contribution is -2.44. The van der Waals surface area contributed by atoms with Crippen LogP contribution in [-0.2, 0) is 13.1 Å². The number of hydrogen-bond donors (Lipinski definition) is 1. The zero-order valence-electron chi connectivity index (χ0n) is 20.4. The van der Waals surface area contributed by atoms with Crippen LogP contribution in [-0.4, -0.2) is 38.2 Å². The van der Waals surface area contributed by atoms with E-state index in [0.717, 1.165) is 47.2 Å². The molecule has 4 heterocycles. The number of rotatable bonds is 5. The predicted molar refractivity (Wildman–Crippen MR) is 145 cm³/mol. The van der Waals surface area contributed by atoms with E-state index >= 15 is 0 Å². The Kier molecular flexibility index (Phi) is 5.91. The van der Waals surface area contributed by atoms with E-state index in [1.165, 1.54) is 0 Å². The maximum Gasteiger partial charge on any atom is 0.278 e. The number of pyridine rings is 1. The summed E-state index contributed by atoms with van der Waals surface area (Å²) in [6.07, 6.45) is 5.20. The van der Waals surface area contributed by atoms with Gasteiger partial charge in [-0.25, -0.2) is 4.98 Å². The molecule has 3 aromatic heterocycles. The molecule has 0 aliphatic carbocycles. The number of hydrogen-bond acceptors (Lipinski definition) is 6. The zero-order chi connectivity index (χ0) is 25.4. The number of nitriles is 1. The van der Waals surface area contributed by atoms with Crippen LogP contribution in [0.15, 0.2) is 78.0 Å². The monoisotopic (exact) mass is 489 g/mol. The summed E-state index contributed by atoms with van der Waals surface area (Å²) >= 11 is 0.